The molecule has 0 bridgehead atoms. The molecule has 10 heteroatoms. The molecule has 2 aromatic rings. The number of fused-ring (bicyclic) bond motifs is 1. The molecule has 1 fully saturated rings. The number of halogens is 2. The maximum atomic E-state index is 11.3. The molecule has 0 saturated carbocycles. The Kier molecular flexibility index (Phi) is 9.34. The highest BCUT2D eigenvalue weighted by atomic mass is 35.5. The quantitative estimate of drug-likeness (QED) is 0.462. The lowest BCUT2D eigenvalue weighted by Gasteiger charge is -2.48. The van der Waals surface area contributed by atoms with Crippen molar-refractivity contribution < 1.29 is 19.5 Å². The third-order valence-electron chi connectivity index (χ3n) is 6.71. The van der Waals surface area contributed by atoms with Crippen molar-refractivity contribution in [3.8, 4) is 11.5 Å². The average Bonchev–Trinajstić information content (AvgIpc) is 2.80. The van der Waals surface area contributed by atoms with Gasteiger partial charge in [-0.2, -0.15) is 0 Å². The zero-order chi connectivity index (χ0) is 22.0. The Hall–Kier alpha value is -2.10. The summed E-state index contributed by atoms with van der Waals surface area (Å²) in [5, 5.41) is 25.7. The van der Waals surface area contributed by atoms with E-state index >= 15 is 0 Å². The molecule has 2 N–H and O–H groups in total. The highest BCUT2D eigenvalue weighted by Gasteiger charge is 2.44. The van der Waals surface area contributed by atoms with Gasteiger partial charge in [0.15, 0.2) is 11.5 Å². The minimum absolute atomic E-state index is 0. The lowest BCUT2D eigenvalue weighted by atomic mass is 9.75. The molecule has 0 aliphatic carbocycles. The maximum absolute atomic E-state index is 11.3. The van der Waals surface area contributed by atoms with E-state index in [9.17, 15) is 15.2 Å². The van der Waals surface area contributed by atoms with Gasteiger partial charge in [0.05, 0.1) is 30.8 Å². The van der Waals surface area contributed by atoms with Crippen molar-refractivity contribution >= 4 is 30.5 Å². The van der Waals surface area contributed by atoms with Gasteiger partial charge in [0.2, 0.25) is 0 Å². The molecule has 2 aliphatic heterocycles. The number of aliphatic hydroxyl groups excluding tert-OH is 1. The van der Waals surface area contributed by atoms with Gasteiger partial charge in [-0.1, -0.05) is 12.1 Å². The van der Waals surface area contributed by atoms with E-state index in [0.717, 1.165) is 55.6 Å². The number of hydrogen-bond acceptors (Lipinski definition) is 7. The molecule has 1 atom stereocenters. The van der Waals surface area contributed by atoms with E-state index in [1.54, 1.807) is 26.4 Å². The summed E-state index contributed by atoms with van der Waals surface area (Å²) in [5.74, 6) is 1.31. The minimum atomic E-state index is -0.604. The van der Waals surface area contributed by atoms with Gasteiger partial charge in [0.1, 0.15) is 0 Å². The monoisotopic (exact) mass is 499 g/mol. The molecule has 1 unspecified atom stereocenters. The average molecular weight is 500 g/mol. The van der Waals surface area contributed by atoms with Gasteiger partial charge in [0.25, 0.3) is 5.69 Å². The summed E-state index contributed by atoms with van der Waals surface area (Å²) in [4.78, 5) is 12.8. The molecule has 0 amide bonds. The van der Waals surface area contributed by atoms with Crippen LogP contribution in [0.4, 0.5) is 5.69 Å². The van der Waals surface area contributed by atoms with Crippen LogP contribution >= 0.6 is 24.8 Å². The fraction of sp³-hybridized carbons (Fsp3) is 0.478. The van der Waals surface area contributed by atoms with E-state index in [4.69, 9.17) is 9.47 Å². The lowest BCUT2D eigenvalue weighted by molar-refractivity contribution is -0.384. The second-order valence-corrected chi connectivity index (χ2v) is 8.33. The van der Waals surface area contributed by atoms with Crippen molar-refractivity contribution in [3.05, 3.63) is 63.2 Å². The van der Waals surface area contributed by atoms with E-state index in [2.05, 4.69) is 10.2 Å². The number of nitro groups is 1. The molecule has 2 aliphatic rings. The van der Waals surface area contributed by atoms with Gasteiger partial charge in [-0.15, -0.1) is 24.8 Å². The van der Waals surface area contributed by atoms with Crippen LogP contribution in [0.3, 0.4) is 0 Å². The minimum Gasteiger partial charge on any atom is -0.493 e. The van der Waals surface area contributed by atoms with Gasteiger partial charge >= 0.3 is 0 Å². The summed E-state index contributed by atoms with van der Waals surface area (Å²) in [7, 11) is 3.22. The number of nitrogens with zero attached hydrogens (tertiary/aromatic N) is 2. The van der Waals surface area contributed by atoms with Crippen molar-refractivity contribution in [2.45, 2.75) is 37.5 Å². The van der Waals surface area contributed by atoms with Gasteiger partial charge in [0, 0.05) is 38.3 Å². The van der Waals surface area contributed by atoms with Crippen LogP contribution in [0.1, 0.15) is 35.6 Å². The van der Waals surface area contributed by atoms with Gasteiger partial charge in [-0.3, -0.25) is 10.1 Å². The Morgan fingerprint density at radius 2 is 1.73 bits per heavy atom. The van der Waals surface area contributed by atoms with Gasteiger partial charge in [-0.25, -0.2) is 0 Å². The van der Waals surface area contributed by atoms with Gasteiger partial charge in [-0.05, 0) is 48.1 Å². The molecule has 2 aromatic carbocycles. The number of ether oxygens (including phenoxy) is 2. The van der Waals surface area contributed by atoms with Crippen LogP contribution in [0.5, 0.6) is 11.5 Å². The van der Waals surface area contributed by atoms with Crippen molar-refractivity contribution in [1.29, 1.82) is 0 Å². The third kappa shape index (κ3) is 5.53. The summed E-state index contributed by atoms with van der Waals surface area (Å²) in [6.45, 7) is 3.36. The van der Waals surface area contributed by atoms with E-state index < -0.39 is 6.10 Å². The summed E-state index contributed by atoms with van der Waals surface area (Å²) in [6.07, 6.45) is 1.94. The predicted molar refractivity (Wildman–Crippen MR) is 131 cm³/mol. The predicted octanol–water partition coefficient (Wildman–Crippen LogP) is 3.67. The molecule has 1 spiro atoms. The molecule has 182 valence electrons. The number of nitrogens with one attached hydrogen (secondary N) is 1. The Bertz CT molecular complexity index is 950. The van der Waals surface area contributed by atoms with E-state index in [1.165, 1.54) is 0 Å². The fourth-order valence-corrected chi connectivity index (χ4v) is 4.71. The molecule has 2 heterocycles. The molecule has 1 saturated heterocycles. The standard InChI is InChI=1S/C23H29N3O5.2ClH/c1-30-20-13-17-15-24-23(22(27)19(17)14-21(20)31-2)8-11-25(12-9-23)10-7-16-3-5-18(6-4-16)26(28)29;;/h3-6,13-14,22,24,27H,7-12,15H2,1-2H3;2*1H. The smallest absolute Gasteiger partial charge is 0.269 e. The number of hydrogen-bond donors (Lipinski definition) is 2. The number of aliphatic hydroxyl groups is 1. The number of rotatable bonds is 6. The first-order valence-corrected chi connectivity index (χ1v) is 10.6. The lowest BCUT2D eigenvalue weighted by Crippen LogP contribution is -2.58. The van der Waals surface area contributed by atoms with Crippen LogP contribution in [0.2, 0.25) is 0 Å². The van der Waals surface area contributed by atoms with Crippen LogP contribution in [-0.2, 0) is 13.0 Å². The van der Waals surface area contributed by atoms with Crippen molar-refractivity contribution in [2.75, 3.05) is 33.9 Å². The zero-order valence-electron chi connectivity index (χ0n) is 18.8. The van der Waals surface area contributed by atoms with E-state index in [1.807, 2.05) is 24.3 Å². The van der Waals surface area contributed by atoms with E-state index in [-0.39, 0.29) is 41.0 Å². The van der Waals surface area contributed by atoms with Crippen LogP contribution < -0.4 is 14.8 Å². The Labute approximate surface area is 206 Å². The topological polar surface area (TPSA) is 97.1 Å². The second-order valence-electron chi connectivity index (χ2n) is 8.33. The molecular formula is C23H31Cl2N3O5. The number of non-ortho nitro benzene ring substituents is 1. The van der Waals surface area contributed by atoms with Crippen molar-refractivity contribution in [2.24, 2.45) is 0 Å². The SMILES string of the molecule is COc1cc2c(cc1OC)C(O)C1(CCN(CCc3ccc([N+](=O)[O-])cc3)CC1)NC2.Cl.Cl. The first kappa shape index (κ1) is 27.1. The van der Waals surface area contributed by atoms with Crippen molar-refractivity contribution in [3.63, 3.8) is 0 Å². The highest BCUT2D eigenvalue weighted by molar-refractivity contribution is 5.85. The van der Waals surface area contributed by atoms with Crippen LogP contribution in [0.25, 0.3) is 0 Å². The highest BCUT2D eigenvalue weighted by Crippen LogP contribution is 2.43. The summed E-state index contributed by atoms with van der Waals surface area (Å²) < 4.78 is 10.8. The molecule has 0 radical (unpaired) electrons. The Morgan fingerprint density at radius 1 is 1.12 bits per heavy atom. The number of likely N-dealkylation sites (tertiary alicyclic amines) is 1. The summed E-state index contributed by atoms with van der Waals surface area (Å²) in [6, 6.07) is 10.6. The Balaban J connectivity index is 0.00000193. The number of nitro benzene ring substituents is 1. The molecule has 8 nitrogen and oxygen atoms in total. The van der Waals surface area contributed by atoms with Crippen LogP contribution in [0.15, 0.2) is 36.4 Å². The number of benzene rings is 2. The zero-order valence-corrected chi connectivity index (χ0v) is 20.4. The molecule has 0 aromatic heterocycles. The Morgan fingerprint density at radius 3 is 2.30 bits per heavy atom. The molecular weight excluding hydrogens is 469 g/mol. The van der Waals surface area contributed by atoms with Crippen LogP contribution in [0, 0.1) is 10.1 Å². The van der Waals surface area contributed by atoms with E-state index in [0.29, 0.717) is 18.0 Å². The van der Waals surface area contributed by atoms with Crippen molar-refractivity contribution in [1.82, 2.24) is 10.2 Å². The van der Waals surface area contributed by atoms with Crippen LogP contribution in [-0.4, -0.2) is 54.3 Å². The molecule has 33 heavy (non-hydrogen) atoms. The second kappa shape index (κ2) is 11.4. The number of methoxy groups -OCH3 is 2. The number of piperidine rings is 1. The fourth-order valence-electron chi connectivity index (χ4n) is 4.71. The first-order valence-electron chi connectivity index (χ1n) is 10.6. The van der Waals surface area contributed by atoms with Gasteiger partial charge < -0.3 is 24.8 Å². The maximum Gasteiger partial charge on any atom is 0.269 e. The third-order valence-corrected chi connectivity index (χ3v) is 6.71. The summed E-state index contributed by atoms with van der Waals surface area (Å²) >= 11 is 0. The first-order chi connectivity index (χ1) is 15.0. The largest absolute Gasteiger partial charge is 0.493 e. The molecule has 4 rings (SSSR count). The normalized spacial score (nSPS) is 19.1. The summed E-state index contributed by atoms with van der Waals surface area (Å²) in [5.41, 5.74) is 2.83.